The molecule has 3 N–H and O–H groups in total. The van der Waals surface area contributed by atoms with Crippen molar-refractivity contribution in [2.45, 2.75) is 83.8 Å². The number of aliphatic hydroxyl groups excluding tert-OH is 1. The summed E-state index contributed by atoms with van der Waals surface area (Å²) < 4.78 is 45.3. The van der Waals surface area contributed by atoms with Crippen molar-refractivity contribution in [2.75, 3.05) is 128 Å². The third-order valence-electron chi connectivity index (χ3n) is 24.8. The van der Waals surface area contributed by atoms with Crippen LogP contribution in [0.4, 0.5) is 45.5 Å². The van der Waals surface area contributed by atoms with Gasteiger partial charge >= 0.3 is 0 Å². The number of nitrogens with one attached hydrogen (secondary N) is 2. The van der Waals surface area contributed by atoms with Crippen LogP contribution in [-0.2, 0) is 35.2 Å². The van der Waals surface area contributed by atoms with Gasteiger partial charge in [-0.15, -0.1) is 0 Å². The van der Waals surface area contributed by atoms with Crippen LogP contribution in [0.1, 0.15) is 81.1 Å². The molecule has 33 nitrogen and oxygen atoms in total. The zero-order valence-corrected chi connectivity index (χ0v) is 81.3. The molecule has 8 heterocycles. The Bertz CT molecular complexity index is 7060. The Hall–Kier alpha value is -15.2. The van der Waals surface area contributed by atoms with Crippen LogP contribution in [0.15, 0.2) is 220 Å². The average Bonchev–Trinajstić information content (AvgIpc) is 1.71. The first-order chi connectivity index (χ1) is 67.7. The number of ether oxygens (including phenoxy) is 7. The van der Waals surface area contributed by atoms with Crippen LogP contribution in [0.2, 0.25) is 0 Å². The van der Waals surface area contributed by atoms with Crippen molar-refractivity contribution < 1.29 is 47.9 Å². The van der Waals surface area contributed by atoms with Gasteiger partial charge in [0.1, 0.15) is 40.0 Å². The number of hydrogen-bond donors (Lipinski definition) is 3. The fourth-order valence-corrected chi connectivity index (χ4v) is 16.5. The van der Waals surface area contributed by atoms with Gasteiger partial charge in [0.15, 0.2) is 0 Å². The predicted molar refractivity (Wildman–Crippen MR) is 541 cm³/mol. The molecule has 8 aromatic carbocycles. The Balaban J connectivity index is 0.000000128. The van der Waals surface area contributed by atoms with Crippen LogP contribution < -0.4 is 58.7 Å². The molecule has 4 fully saturated rings. The average molecular weight is 1940 g/mol. The van der Waals surface area contributed by atoms with Gasteiger partial charge in [-0.25, -0.2) is 19.9 Å². The van der Waals surface area contributed by atoms with Crippen molar-refractivity contribution in [1.82, 2.24) is 89.6 Å². The number of rotatable bonds is 36. The molecular weight excluding hydrogens is 1820 g/mol. The van der Waals surface area contributed by atoms with Crippen molar-refractivity contribution in [2.24, 2.45) is 30.7 Å². The number of aryl methyl sites for hydroxylation is 2. The van der Waals surface area contributed by atoms with Gasteiger partial charge in [-0.3, -0.25) is 48.3 Å². The Kier molecular flexibility index (Phi) is 29.8. The van der Waals surface area contributed by atoms with Crippen molar-refractivity contribution in [3.63, 3.8) is 0 Å². The van der Waals surface area contributed by atoms with Crippen LogP contribution >= 0.6 is 15.9 Å². The molecule has 20 rings (SSSR count). The molecule has 34 heteroatoms. The molecule has 0 aliphatic heterocycles. The minimum absolute atomic E-state index is 0.121. The third kappa shape index (κ3) is 23.6. The van der Waals surface area contributed by atoms with E-state index in [1.807, 2.05) is 120 Å². The standard InChI is InChI=1S/C29H34N6O4.C27H30N6O3.C25H26BrN5O2.C24H22N6O/c1-29(2,28(37)30-9-10-36)35-18-20(15-32-35)27-16-31-25-8-7-21(13-26(25)33-27)34(17-19-5-6-19)22-11-23(38-3)14-24(12-22)39-4;1-28-27(34)19-10-22(12-23(11-19)36-3)33(16-18-4-5-18)21-6-7-24-25(13-21)31-26(15-29-24)20-14-30-32(17-20)8-9-35-2;1-32-21-9-20(10-22(12-21)33-2)31(15-17-3-4-17)19-5-6-23-24(11-19)29-25(14-27-23)18-13-28-30(16-18)8-7-26;1-29-15-18(12-27-29)24-13-26-22-6-5-19(10-23(22)28-24)30(14-16-3-4-16)20-7-17(11-25)8-21(9-20)31-2/h7-8,11-16,18-19,36H,5-6,9-10,17H2,1-4H3,(H,30,37);6-7,10-15,17-18H,4-5,8-9,16H2,1-3H3,(H,28,34);5-6,9-14,16-17H,3-4,7-8,15H2,1-2H3;5-10,12-13,15-16H,3-4,14H2,1-2H3. The fourth-order valence-electron chi connectivity index (χ4n) is 16.2. The number of anilines is 8. The fraction of sp³-hybridized carbons (Fsp3) is 0.324. The molecule has 714 valence electrons. The van der Waals surface area contributed by atoms with Gasteiger partial charge in [0, 0.05) is 206 Å². The van der Waals surface area contributed by atoms with Gasteiger partial charge in [0.05, 0.1) is 197 Å². The number of methoxy groups -OCH3 is 7. The molecule has 8 aromatic heterocycles. The summed E-state index contributed by atoms with van der Waals surface area (Å²) in [5.74, 6) is 6.54. The largest absolute Gasteiger partial charge is 0.497 e. The second-order valence-electron chi connectivity index (χ2n) is 35.4. The van der Waals surface area contributed by atoms with E-state index in [2.05, 4.69) is 153 Å². The summed E-state index contributed by atoms with van der Waals surface area (Å²) in [6.45, 7) is 9.26. The first-order valence-electron chi connectivity index (χ1n) is 46.4. The lowest BCUT2D eigenvalue weighted by atomic mass is 10.1. The number of aromatic nitrogens is 16. The quantitative estimate of drug-likeness (QED) is 0.0307. The third-order valence-corrected chi connectivity index (χ3v) is 25.1. The lowest BCUT2D eigenvalue weighted by molar-refractivity contribution is -0.129. The van der Waals surface area contributed by atoms with Crippen LogP contribution in [0, 0.1) is 35.0 Å². The maximum Gasteiger partial charge on any atom is 0.251 e. The predicted octanol–water partition coefficient (Wildman–Crippen LogP) is 17.9. The van der Waals surface area contributed by atoms with E-state index in [4.69, 9.17) is 58.2 Å². The second-order valence-corrected chi connectivity index (χ2v) is 36.2. The van der Waals surface area contributed by atoms with Gasteiger partial charge in [-0.05, 0) is 186 Å². The first kappa shape index (κ1) is 95.5. The number of halogens is 1. The van der Waals surface area contributed by atoms with Crippen molar-refractivity contribution in [1.29, 1.82) is 5.26 Å². The number of hydrogen-bond acceptors (Lipinski definition) is 27. The number of fused-ring (bicyclic) bond motifs is 4. The molecule has 0 spiro atoms. The zero-order chi connectivity index (χ0) is 96.8. The number of alkyl halides is 1. The highest BCUT2D eigenvalue weighted by molar-refractivity contribution is 9.09. The summed E-state index contributed by atoms with van der Waals surface area (Å²) in [5.41, 5.74) is 21.3. The van der Waals surface area contributed by atoms with Crippen molar-refractivity contribution >= 4 is 117 Å². The number of aliphatic hydroxyl groups is 1. The SMILES string of the molecule is CNC(=O)c1cc(OC)cc(N(CC2CC2)c2ccc3ncc(-c4cnn(CCOC)c4)nc3c2)c1.COc1cc(C#N)cc(N(CC2CC2)c2ccc3ncc(-c4cnn(C)c4)nc3c2)c1.COc1cc(OC)cc(N(CC2CC2)c2ccc3ncc(-c4cnn(C(C)(C)C(=O)NCCO)c4)nc3c2)c1.COc1cc(OC)cc(N(CC2CC2)c2ccc3ncc(-c4cnn(CCBr)c4)nc3c2)c1. The summed E-state index contributed by atoms with van der Waals surface area (Å²) in [4.78, 5) is 72.2. The van der Waals surface area contributed by atoms with E-state index in [0.29, 0.717) is 65.1 Å². The molecule has 0 saturated heterocycles. The van der Waals surface area contributed by atoms with E-state index < -0.39 is 5.54 Å². The molecule has 4 aliphatic rings. The molecule has 4 saturated carbocycles. The Morgan fingerprint density at radius 3 is 1.14 bits per heavy atom. The minimum atomic E-state index is -0.939. The number of benzene rings is 8. The van der Waals surface area contributed by atoms with Crippen LogP contribution in [-0.4, -0.2) is 204 Å². The highest BCUT2D eigenvalue weighted by atomic mass is 79.9. The molecule has 16 aromatic rings. The lowest BCUT2D eigenvalue weighted by Crippen LogP contribution is -2.45. The topological polar surface area (TPSA) is 354 Å². The monoisotopic (exact) mass is 1930 g/mol. The second kappa shape index (κ2) is 43.4. The van der Waals surface area contributed by atoms with Crippen molar-refractivity contribution in [3.8, 4) is 85.6 Å². The van der Waals surface area contributed by atoms with Gasteiger partial charge in [0.2, 0.25) is 5.91 Å². The van der Waals surface area contributed by atoms with Crippen LogP contribution in [0.5, 0.6) is 34.5 Å². The summed E-state index contributed by atoms with van der Waals surface area (Å²) in [6, 6.07) is 50.0. The Morgan fingerprint density at radius 1 is 0.432 bits per heavy atom. The summed E-state index contributed by atoms with van der Waals surface area (Å²) in [5, 5.41) is 42.2. The summed E-state index contributed by atoms with van der Waals surface area (Å²) in [6.07, 6.45) is 31.7. The van der Waals surface area contributed by atoms with E-state index in [-0.39, 0.29) is 25.0 Å². The highest BCUT2D eigenvalue weighted by Gasteiger charge is 2.34. The molecule has 4 aliphatic carbocycles. The molecule has 2 amide bonds. The maximum absolute atomic E-state index is 12.6. The van der Waals surface area contributed by atoms with Gasteiger partial charge in [0.25, 0.3) is 5.91 Å². The van der Waals surface area contributed by atoms with Gasteiger partial charge in [-0.2, -0.15) is 25.7 Å². The normalized spacial score (nSPS) is 13.2. The summed E-state index contributed by atoms with van der Waals surface area (Å²) in [7, 11) is 15.1. The van der Waals surface area contributed by atoms with Crippen LogP contribution in [0.3, 0.4) is 0 Å². The minimum Gasteiger partial charge on any atom is -0.497 e. The molecule has 0 atom stereocenters. The van der Waals surface area contributed by atoms with Gasteiger partial charge < -0.3 is 68.5 Å². The Morgan fingerprint density at radius 2 is 0.784 bits per heavy atom. The number of carbonyl (C=O) groups is 2. The van der Waals surface area contributed by atoms with Gasteiger partial charge in [-0.1, -0.05) is 15.9 Å². The number of nitriles is 1. The van der Waals surface area contributed by atoms with E-state index in [9.17, 15) is 14.9 Å². The number of carbonyl (C=O) groups excluding carboxylic acids is 2. The number of amides is 2. The molecule has 0 bridgehead atoms. The summed E-state index contributed by atoms with van der Waals surface area (Å²) >= 11 is 3.45. The smallest absolute Gasteiger partial charge is 0.251 e. The Labute approximate surface area is 814 Å². The van der Waals surface area contributed by atoms with Crippen molar-refractivity contribution in [3.05, 3.63) is 231 Å². The zero-order valence-electron chi connectivity index (χ0n) is 79.7. The van der Waals surface area contributed by atoms with E-state index >= 15 is 0 Å². The van der Waals surface area contributed by atoms with E-state index in [0.717, 1.165) is 190 Å². The van der Waals surface area contributed by atoms with E-state index in [1.54, 1.807) is 136 Å². The lowest BCUT2D eigenvalue weighted by Gasteiger charge is -2.26. The highest BCUT2D eigenvalue weighted by Crippen LogP contribution is 2.45. The first-order valence-corrected chi connectivity index (χ1v) is 47.5. The van der Waals surface area contributed by atoms with E-state index in [1.165, 1.54) is 51.4 Å². The molecule has 0 unspecified atom stereocenters. The molecular formula is C105H112BrN23O10. The molecule has 0 radical (unpaired) electrons. The number of nitrogens with zero attached hydrogens (tertiary/aromatic N) is 21. The van der Waals surface area contributed by atoms with Crippen LogP contribution in [0.25, 0.3) is 89.2 Å². The maximum atomic E-state index is 12.6. The molecule has 139 heavy (non-hydrogen) atoms.